The third-order valence-electron chi connectivity index (χ3n) is 3.65. The molecule has 0 atom stereocenters. The van der Waals surface area contributed by atoms with E-state index in [1.54, 1.807) is 6.08 Å². The third-order valence-corrected chi connectivity index (χ3v) is 3.65. The number of carbonyl (C=O) groups excluding carboxylic acids is 1. The molecule has 0 aliphatic carbocycles. The summed E-state index contributed by atoms with van der Waals surface area (Å²) < 4.78 is 5.80. The van der Waals surface area contributed by atoms with Crippen LogP contribution in [0.4, 0.5) is 0 Å². The molecule has 0 fully saturated rings. The number of carbonyl (C=O) groups is 1. The van der Waals surface area contributed by atoms with Crippen LogP contribution < -0.4 is 4.74 Å². The van der Waals surface area contributed by atoms with Gasteiger partial charge in [-0.3, -0.25) is 4.79 Å². The van der Waals surface area contributed by atoms with Crippen molar-refractivity contribution in [2.45, 2.75) is 40.5 Å². The molecule has 0 radical (unpaired) electrons. The van der Waals surface area contributed by atoms with Gasteiger partial charge in [-0.15, -0.1) is 0 Å². The van der Waals surface area contributed by atoms with Crippen LogP contribution in [0.5, 0.6) is 5.75 Å². The smallest absolute Gasteiger partial charge is 0.253 e. The average molecular weight is 289 g/mol. The van der Waals surface area contributed by atoms with Crippen molar-refractivity contribution in [2.24, 2.45) is 0 Å². The van der Waals surface area contributed by atoms with Crippen molar-refractivity contribution >= 4 is 5.91 Å². The summed E-state index contributed by atoms with van der Waals surface area (Å²) in [6, 6.07) is 3.94. The van der Waals surface area contributed by atoms with Crippen molar-refractivity contribution < 1.29 is 9.53 Å². The molecule has 0 saturated carbocycles. The van der Waals surface area contributed by atoms with E-state index in [-0.39, 0.29) is 5.91 Å². The molecule has 21 heavy (non-hydrogen) atoms. The summed E-state index contributed by atoms with van der Waals surface area (Å²) >= 11 is 0. The van der Waals surface area contributed by atoms with E-state index < -0.39 is 0 Å². The first kappa shape index (κ1) is 17.3. The fourth-order valence-electron chi connectivity index (χ4n) is 2.42. The van der Waals surface area contributed by atoms with Crippen molar-refractivity contribution in [1.29, 1.82) is 0 Å². The molecule has 1 aromatic carbocycles. The number of hydrogen-bond donors (Lipinski definition) is 0. The maximum Gasteiger partial charge on any atom is 0.253 e. The first-order valence-electron chi connectivity index (χ1n) is 7.81. The van der Waals surface area contributed by atoms with Gasteiger partial charge in [-0.1, -0.05) is 26.5 Å². The molecule has 0 bridgehead atoms. The predicted molar refractivity (Wildman–Crippen MR) is 88.1 cm³/mol. The summed E-state index contributed by atoms with van der Waals surface area (Å²) in [5, 5.41) is 0. The van der Waals surface area contributed by atoms with Gasteiger partial charge in [-0.25, -0.2) is 0 Å². The molecular weight excluding hydrogens is 262 g/mol. The van der Waals surface area contributed by atoms with Gasteiger partial charge < -0.3 is 9.64 Å². The number of aryl methyl sites for hydroxylation is 2. The van der Waals surface area contributed by atoms with Crippen LogP contribution >= 0.6 is 0 Å². The summed E-state index contributed by atoms with van der Waals surface area (Å²) in [4.78, 5) is 14.4. The summed E-state index contributed by atoms with van der Waals surface area (Å²) in [5.41, 5.74) is 2.94. The molecule has 3 heteroatoms. The van der Waals surface area contributed by atoms with Gasteiger partial charge in [-0.2, -0.15) is 0 Å². The van der Waals surface area contributed by atoms with Gasteiger partial charge >= 0.3 is 0 Å². The van der Waals surface area contributed by atoms with Crippen molar-refractivity contribution in [3.05, 3.63) is 41.5 Å². The molecule has 0 aliphatic heterocycles. The maximum atomic E-state index is 12.5. The zero-order chi connectivity index (χ0) is 15.8. The topological polar surface area (TPSA) is 29.5 Å². The lowest BCUT2D eigenvalue weighted by Gasteiger charge is -2.21. The van der Waals surface area contributed by atoms with E-state index >= 15 is 0 Å². The number of nitrogens with zero attached hydrogens (tertiary/aromatic N) is 1. The second-order valence-electron chi connectivity index (χ2n) is 4.91. The van der Waals surface area contributed by atoms with Gasteiger partial charge in [0.2, 0.25) is 0 Å². The largest absolute Gasteiger partial charge is 0.489 e. The van der Waals surface area contributed by atoms with E-state index in [0.717, 1.165) is 48.4 Å². The van der Waals surface area contributed by atoms with E-state index in [4.69, 9.17) is 4.74 Å². The summed E-state index contributed by atoms with van der Waals surface area (Å²) in [7, 11) is 0. The highest BCUT2D eigenvalue weighted by molar-refractivity contribution is 5.95. The fourth-order valence-corrected chi connectivity index (χ4v) is 2.42. The Labute approximate surface area is 128 Å². The molecular formula is C18H27NO2. The zero-order valence-corrected chi connectivity index (χ0v) is 13.7. The Morgan fingerprint density at radius 1 is 1.14 bits per heavy atom. The Balaban J connectivity index is 3.24. The molecule has 0 aromatic heterocycles. The molecule has 0 saturated heterocycles. The number of rotatable bonds is 8. The molecule has 1 amide bonds. The summed E-state index contributed by atoms with van der Waals surface area (Å²) in [5.74, 6) is 1.01. The highest BCUT2D eigenvalue weighted by atomic mass is 16.5. The minimum absolute atomic E-state index is 0.0969. The Morgan fingerprint density at radius 3 is 2.05 bits per heavy atom. The van der Waals surface area contributed by atoms with Crippen molar-refractivity contribution in [2.75, 3.05) is 19.7 Å². The summed E-state index contributed by atoms with van der Waals surface area (Å²) in [6.07, 6.45) is 3.44. The van der Waals surface area contributed by atoms with Gasteiger partial charge in [0, 0.05) is 18.7 Å². The van der Waals surface area contributed by atoms with Crippen LogP contribution in [0, 0.1) is 0 Å². The summed E-state index contributed by atoms with van der Waals surface area (Å²) in [6.45, 7) is 13.8. The average Bonchev–Trinajstić information content (AvgIpc) is 2.52. The minimum Gasteiger partial charge on any atom is -0.489 e. The van der Waals surface area contributed by atoms with Gasteiger partial charge in [0.1, 0.15) is 12.4 Å². The van der Waals surface area contributed by atoms with Crippen LogP contribution in [0.3, 0.4) is 0 Å². The molecule has 3 nitrogen and oxygen atoms in total. The molecule has 0 unspecified atom stereocenters. The molecule has 0 spiro atoms. The van der Waals surface area contributed by atoms with Crippen molar-refractivity contribution in [3.63, 3.8) is 0 Å². The van der Waals surface area contributed by atoms with Crippen LogP contribution in [0.15, 0.2) is 24.8 Å². The number of ether oxygens (including phenoxy) is 1. The van der Waals surface area contributed by atoms with Crippen LogP contribution in [0.1, 0.15) is 49.2 Å². The standard InChI is InChI=1S/C18H27NO2/c1-6-11-21-17-14(7-2)12-16(13-15(17)8-3)18(20)19(9-4)10-5/h6,12-13H,1,7-11H2,2-5H3. The Hall–Kier alpha value is -1.77. The molecule has 0 heterocycles. The second kappa shape index (κ2) is 8.50. The van der Waals surface area contributed by atoms with E-state index in [1.807, 2.05) is 30.9 Å². The van der Waals surface area contributed by atoms with Crippen LogP contribution in [0.2, 0.25) is 0 Å². The molecule has 116 valence electrons. The Kier molecular flexibility index (Phi) is 7.00. The fraction of sp³-hybridized carbons (Fsp3) is 0.500. The third kappa shape index (κ3) is 4.10. The number of hydrogen-bond acceptors (Lipinski definition) is 2. The van der Waals surface area contributed by atoms with E-state index in [2.05, 4.69) is 20.4 Å². The van der Waals surface area contributed by atoms with Crippen molar-refractivity contribution in [1.82, 2.24) is 4.90 Å². The lowest BCUT2D eigenvalue weighted by atomic mass is 9.99. The molecule has 1 aromatic rings. The van der Waals surface area contributed by atoms with E-state index in [1.165, 1.54) is 0 Å². The number of benzene rings is 1. The van der Waals surface area contributed by atoms with E-state index in [9.17, 15) is 4.79 Å². The number of amides is 1. The highest BCUT2D eigenvalue weighted by Crippen LogP contribution is 2.28. The van der Waals surface area contributed by atoms with Crippen molar-refractivity contribution in [3.8, 4) is 5.75 Å². The lowest BCUT2D eigenvalue weighted by Crippen LogP contribution is -2.30. The monoisotopic (exact) mass is 289 g/mol. The zero-order valence-electron chi connectivity index (χ0n) is 13.7. The second-order valence-corrected chi connectivity index (χ2v) is 4.91. The van der Waals surface area contributed by atoms with Crippen LogP contribution in [-0.2, 0) is 12.8 Å². The first-order valence-corrected chi connectivity index (χ1v) is 7.81. The van der Waals surface area contributed by atoms with Gasteiger partial charge in [0.05, 0.1) is 0 Å². The van der Waals surface area contributed by atoms with Crippen LogP contribution in [0.25, 0.3) is 0 Å². The van der Waals surface area contributed by atoms with Gasteiger partial charge in [0.15, 0.2) is 0 Å². The Bertz CT molecular complexity index is 465. The quantitative estimate of drug-likeness (QED) is 0.680. The molecule has 0 N–H and O–H groups in total. The minimum atomic E-state index is 0.0969. The Morgan fingerprint density at radius 2 is 1.67 bits per heavy atom. The predicted octanol–water partition coefficient (Wildman–Crippen LogP) is 3.86. The van der Waals surface area contributed by atoms with Crippen LogP contribution in [-0.4, -0.2) is 30.5 Å². The van der Waals surface area contributed by atoms with E-state index in [0.29, 0.717) is 6.61 Å². The van der Waals surface area contributed by atoms with Gasteiger partial charge in [0.25, 0.3) is 5.91 Å². The maximum absolute atomic E-state index is 12.5. The first-order chi connectivity index (χ1) is 10.1. The van der Waals surface area contributed by atoms with Gasteiger partial charge in [-0.05, 0) is 49.9 Å². The normalized spacial score (nSPS) is 10.3. The SMILES string of the molecule is C=CCOc1c(CC)cc(C(=O)N(CC)CC)cc1CC. The highest BCUT2D eigenvalue weighted by Gasteiger charge is 2.17. The molecule has 0 aliphatic rings. The lowest BCUT2D eigenvalue weighted by molar-refractivity contribution is 0.0772. The molecule has 1 rings (SSSR count).